The number of hydrogen-bond acceptors (Lipinski definition) is 2. The van der Waals surface area contributed by atoms with Gasteiger partial charge in [0.15, 0.2) is 0 Å². The Labute approximate surface area is 115 Å². The van der Waals surface area contributed by atoms with Gasteiger partial charge in [-0.2, -0.15) is 0 Å². The number of nitrogens with one attached hydrogen (secondary N) is 1. The summed E-state index contributed by atoms with van der Waals surface area (Å²) in [5.74, 6) is 0. The summed E-state index contributed by atoms with van der Waals surface area (Å²) in [6, 6.07) is 11.0. The first-order chi connectivity index (χ1) is 9.29. The van der Waals surface area contributed by atoms with E-state index >= 15 is 0 Å². The number of hydrogen-bond donors (Lipinski definition) is 1. The third-order valence-electron chi connectivity index (χ3n) is 3.29. The van der Waals surface area contributed by atoms with E-state index in [-0.39, 0.29) is 0 Å². The van der Waals surface area contributed by atoms with Crippen LogP contribution in [-0.4, -0.2) is 16.1 Å². The highest BCUT2D eigenvalue weighted by Gasteiger charge is 2.13. The molecular weight excluding hydrogens is 234 g/mol. The van der Waals surface area contributed by atoms with E-state index in [1.807, 2.05) is 17.9 Å². The number of nitrogens with zero attached hydrogens (tertiary/aromatic N) is 2. The molecule has 0 fully saturated rings. The van der Waals surface area contributed by atoms with Crippen molar-refractivity contribution in [1.82, 2.24) is 14.9 Å². The van der Waals surface area contributed by atoms with E-state index in [2.05, 4.69) is 53.8 Å². The summed E-state index contributed by atoms with van der Waals surface area (Å²) in [5.41, 5.74) is 2.54. The minimum absolute atomic E-state index is 0.348. The fourth-order valence-electron chi connectivity index (χ4n) is 2.24. The van der Waals surface area contributed by atoms with E-state index in [9.17, 15) is 0 Å². The van der Waals surface area contributed by atoms with Gasteiger partial charge < -0.3 is 9.88 Å². The Morgan fingerprint density at radius 1 is 1.26 bits per heavy atom. The molecule has 0 aliphatic carbocycles. The summed E-state index contributed by atoms with van der Waals surface area (Å²) >= 11 is 0. The summed E-state index contributed by atoms with van der Waals surface area (Å²) in [5, 5.41) is 3.59. The molecule has 0 aliphatic heterocycles. The van der Waals surface area contributed by atoms with Gasteiger partial charge in [0, 0.05) is 13.2 Å². The van der Waals surface area contributed by atoms with Crippen LogP contribution in [0.3, 0.4) is 0 Å². The molecular formula is C16H23N3. The van der Waals surface area contributed by atoms with E-state index in [1.54, 1.807) is 0 Å². The molecule has 0 saturated carbocycles. The summed E-state index contributed by atoms with van der Waals surface area (Å²) in [4.78, 5) is 4.48. The highest BCUT2D eigenvalue weighted by Crippen LogP contribution is 2.17. The molecule has 0 amide bonds. The molecule has 19 heavy (non-hydrogen) atoms. The molecule has 3 nitrogen and oxygen atoms in total. The van der Waals surface area contributed by atoms with Crippen molar-refractivity contribution in [3.8, 4) is 0 Å². The Morgan fingerprint density at radius 2 is 2.05 bits per heavy atom. The number of rotatable bonds is 7. The second-order valence-corrected chi connectivity index (χ2v) is 4.99. The van der Waals surface area contributed by atoms with Crippen molar-refractivity contribution in [2.24, 2.45) is 7.05 Å². The Kier molecular flexibility index (Phi) is 5.16. The van der Waals surface area contributed by atoms with Crippen LogP contribution >= 0.6 is 0 Å². The van der Waals surface area contributed by atoms with Gasteiger partial charge in [0.2, 0.25) is 0 Å². The normalized spacial score (nSPS) is 12.5. The zero-order valence-electron chi connectivity index (χ0n) is 11.8. The lowest BCUT2D eigenvalue weighted by Crippen LogP contribution is -2.23. The van der Waals surface area contributed by atoms with Gasteiger partial charge >= 0.3 is 0 Å². The van der Waals surface area contributed by atoms with Crippen molar-refractivity contribution in [1.29, 1.82) is 0 Å². The van der Waals surface area contributed by atoms with Crippen LogP contribution in [0, 0.1) is 0 Å². The third kappa shape index (κ3) is 4.21. The fraction of sp³-hybridized carbons (Fsp3) is 0.438. The van der Waals surface area contributed by atoms with E-state index in [4.69, 9.17) is 0 Å². The Bertz CT molecular complexity index is 476. The maximum atomic E-state index is 4.48. The quantitative estimate of drug-likeness (QED) is 0.826. The highest BCUT2D eigenvalue weighted by atomic mass is 15.0. The van der Waals surface area contributed by atoms with Crippen molar-refractivity contribution < 1.29 is 0 Å². The maximum absolute atomic E-state index is 4.48. The van der Waals surface area contributed by atoms with Gasteiger partial charge in [0.1, 0.15) is 0 Å². The Balaban J connectivity index is 1.98. The predicted molar refractivity (Wildman–Crippen MR) is 79.0 cm³/mol. The summed E-state index contributed by atoms with van der Waals surface area (Å²) < 4.78 is 2.01. The zero-order chi connectivity index (χ0) is 13.5. The minimum Gasteiger partial charge on any atom is -0.340 e. The van der Waals surface area contributed by atoms with Crippen molar-refractivity contribution in [2.45, 2.75) is 32.2 Å². The van der Waals surface area contributed by atoms with Gasteiger partial charge in [-0.1, -0.05) is 37.3 Å². The standard InChI is InChI=1S/C16H23N3/c1-3-11-17-15(16-12-19(2)13-18-16)10-9-14-7-5-4-6-8-14/h4-8,12-13,15,17H,3,9-11H2,1-2H3. The highest BCUT2D eigenvalue weighted by molar-refractivity contribution is 5.15. The van der Waals surface area contributed by atoms with Crippen LogP contribution in [0.15, 0.2) is 42.9 Å². The van der Waals surface area contributed by atoms with E-state index in [0.717, 1.165) is 31.5 Å². The Morgan fingerprint density at radius 3 is 2.68 bits per heavy atom. The minimum atomic E-state index is 0.348. The monoisotopic (exact) mass is 257 g/mol. The van der Waals surface area contributed by atoms with Crippen LogP contribution in [-0.2, 0) is 13.5 Å². The zero-order valence-corrected chi connectivity index (χ0v) is 11.8. The molecule has 0 bridgehead atoms. The molecule has 1 heterocycles. The van der Waals surface area contributed by atoms with Crippen molar-refractivity contribution in [3.63, 3.8) is 0 Å². The molecule has 0 radical (unpaired) electrons. The lowest BCUT2D eigenvalue weighted by molar-refractivity contribution is 0.490. The first-order valence-electron chi connectivity index (χ1n) is 7.04. The first kappa shape index (κ1) is 13.8. The molecule has 2 aromatic rings. The van der Waals surface area contributed by atoms with Gasteiger partial charge in [-0.3, -0.25) is 0 Å². The molecule has 1 aromatic carbocycles. The van der Waals surface area contributed by atoms with Gasteiger partial charge in [-0.05, 0) is 31.4 Å². The second kappa shape index (κ2) is 7.10. The number of imidazole rings is 1. The number of aryl methyl sites for hydroxylation is 2. The fourth-order valence-corrected chi connectivity index (χ4v) is 2.24. The van der Waals surface area contributed by atoms with Crippen molar-refractivity contribution in [2.75, 3.05) is 6.54 Å². The molecule has 1 unspecified atom stereocenters. The number of aromatic nitrogens is 2. The lowest BCUT2D eigenvalue weighted by atomic mass is 10.0. The molecule has 0 aliphatic rings. The largest absolute Gasteiger partial charge is 0.340 e. The maximum Gasteiger partial charge on any atom is 0.0947 e. The topological polar surface area (TPSA) is 29.9 Å². The van der Waals surface area contributed by atoms with Crippen LogP contribution in [0.4, 0.5) is 0 Å². The summed E-state index contributed by atoms with van der Waals surface area (Å²) in [7, 11) is 2.02. The van der Waals surface area contributed by atoms with Crippen LogP contribution < -0.4 is 5.32 Å². The van der Waals surface area contributed by atoms with Crippen molar-refractivity contribution >= 4 is 0 Å². The summed E-state index contributed by atoms with van der Waals surface area (Å²) in [6.07, 6.45) is 7.30. The average Bonchev–Trinajstić information content (AvgIpc) is 2.86. The van der Waals surface area contributed by atoms with Gasteiger partial charge in [-0.15, -0.1) is 0 Å². The molecule has 3 heteroatoms. The van der Waals surface area contributed by atoms with Crippen LogP contribution in [0.1, 0.15) is 37.1 Å². The number of benzene rings is 1. The smallest absolute Gasteiger partial charge is 0.0947 e. The molecule has 1 N–H and O–H groups in total. The SMILES string of the molecule is CCCNC(CCc1ccccc1)c1cn(C)cn1. The third-order valence-corrected chi connectivity index (χ3v) is 3.29. The lowest BCUT2D eigenvalue weighted by Gasteiger charge is -2.16. The van der Waals surface area contributed by atoms with Crippen molar-refractivity contribution in [3.05, 3.63) is 54.1 Å². The van der Waals surface area contributed by atoms with E-state index in [0.29, 0.717) is 6.04 Å². The average molecular weight is 257 g/mol. The molecule has 1 atom stereocenters. The van der Waals surface area contributed by atoms with E-state index in [1.165, 1.54) is 5.56 Å². The first-order valence-corrected chi connectivity index (χ1v) is 7.04. The van der Waals surface area contributed by atoms with Crippen LogP contribution in [0.5, 0.6) is 0 Å². The molecule has 0 saturated heterocycles. The van der Waals surface area contributed by atoms with Crippen LogP contribution in [0.2, 0.25) is 0 Å². The van der Waals surface area contributed by atoms with E-state index < -0.39 is 0 Å². The van der Waals surface area contributed by atoms with Gasteiger partial charge in [-0.25, -0.2) is 4.98 Å². The van der Waals surface area contributed by atoms with Gasteiger partial charge in [0.25, 0.3) is 0 Å². The molecule has 102 valence electrons. The molecule has 1 aromatic heterocycles. The summed E-state index contributed by atoms with van der Waals surface area (Å²) in [6.45, 7) is 3.23. The predicted octanol–water partition coefficient (Wildman–Crippen LogP) is 3.09. The molecule has 2 rings (SSSR count). The second-order valence-electron chi connectivity index (χ2n) is 4.99. The Hall–Kier alpha value is -1.61. The van der Waals surface area contributed by atoms with Gasteiger partial charge in [0.05, 0.1) is 18.1 Å². The van der Waals surface area contributed by atoms with Crippen LogP contribution in [0.25, 0.3) is 0 Å². The molecule has 0 spiro atoms.